The van der Waals surface area contributed by atoms with Gasteiger partial charge in [0.05, 0.1) is 23.9 Å². The number of aryl methyl sites for hydroxylation is 1. The van der Waals surface area contributed by atoms with Crippen LogP contribution in [0.25, 0.3) is 10.9 Å². The molecule has 0 spiro atoms. The minimum absolute atomic E-state index is 0.0437. The molecule has 29 heavy (non-hydrogen) atoms. The summed E-state index contributed by atoms with van der Waals surface area (Å²) in [7, 11) is 1.38. The van der Waals surface area contributed by atoms with Crippen LogP contribution in [-0.2, 0) is 6.42 Å². The maximum atomic E-state index is 12.6. The molecule has 0 aliphatic rings. The maximum Gasteiger partial charge on any atom is 0.387 e. The number of methoxy groups -OCH3 is 1. The van der Waals surface area contributed by atoms with Crippen LogP contribution in [0, 0.1) is 6.92 Å². The molecule has 0 aliphatic heterocycles. The normalized spacial score (nSPS) is 11.0. The predicted molar refractivity (Wildman–Crippen MR) is 107 cm³/mol. The first-order valence-corrected chi connectivity index (χ1v) is 9.22. The second-order valence-electron chi connectivity index (χ2n) is 6.33. The Morgan fingerprint density at radius 2 is 1.97 bits per heavy atom. The smallest absolute Gasteiger partial charge is 0.387 e. The highest BCUT2D eigenvalue weighted by Gasteiger charge is 2.13. The van der Waals surface area contributed by atoms with Crippen molar-refractivity contribution < 1.29 is 23.0 Å². The number of nitrogens with one attached hydrogen (secondary N) is 1. The summed E-state index contributed by atoms with van der Waals surface area (Å²) >= 11 is 6.01. The van der Waals surface area contributed by atoms with Gasteiger partial charge >= 0.3 is 6.61 Å². The number of aromatic nitrogens is 1. The molecule has 3 rings (SSSR count). The van der Waals surface area contributed by atoms with Gasteiger partial charge in [-0.2, -0.15) is 8.78 Å². The molecule has 0 bridgehead atoms. The largest absolute Gasteiger partial charge is 0.493 e. The number of pyridine rings is 1. The number of alkyl halides is 2. The first-order valence-electron chi connectivity index (χ1n) is 8.84. The van der Waals surface area contributed by atoms with E-state index in [9.17, 15) is 13.6 Å². The van der Waals surface area contributed by atoms with Gasteiger partial charge in [-0.1, -0.05) is 17.7 Å². The molecule has 8 heteroatoms. The van der Waals surface area contributed by atoms with Gasteiger partial charge in [0.15, 0.2) is 11.5 Å². The SMILES string of the molecule is COc1ccc(CCNC(=O)c2cc3cc(Cl)ccc3nc2C)cc1OC(F)F. The number of nitrogens with zero attached hydrogens (tertiary/aromatic N) is 1. The lowest BCUT2D eigenvalue weighted by Gasteiger charge is -2.12. The van der Waals surface area contributed by atoms with Crippen LogP contribution in [0.3, 0.4) is 0 Å². The van der Waals surface area contributed by atoms with Crippen molar-refractivity contribution in [3.8, 4) is 11.5 Å². The molecule has 0 saturated carbocycles. The third kappa shape index (κ3) is 5.12. The molecule has 152 valence electrons. The lowest BCUT2D eigenvalue weighted by Crippen LogP contribution is -2.26. The van der Waals surface area contributed by atoms with Crippen molar-refractivity contribution in [3.05, 3.63) is 64.3 Å². The molecule has 0 aliphatic carbocycles. The second-order valence-corrected chi connectivity index (χ2v) is 6.76. The Kier molecular flexibility index (Phi) is 6.49. The van der Waals surface area contributed by atoms with E-state index in [0.29, 0.717) is 29.2 Å². The average molecular weight is 421 g/mol. The predicted octanol–water partition coefficient (Wildman–Crippen LogP) is 4.78. The van der Waals surface area contributed by atoms with E-state index in [1.54, 1.807) is 43.3 Å². The zero-order chi connectivity index (χ0) is 21.0. The highest BCUT2D eigenvalue weighted by Crippen LogP contribution is 2.29. The van der Waals surface area contributed by atoms with E-state index in [2.05, 4.69) is 15.0 Å². The lowest BCUT2D eigenvalue weighted by atomic mass is 10.1. The van der Waals surface area contributed by atoms with Gasteiger partial charge in [-0.15, -0.1) is 0 Å². The van der Waals surface area contributed by atoms with Gasteiger partial charge in [0, 0.05) is 17.0 Å². The van der Waals surface area contributed by atoms with Gasteiger partial charge in [0.2, 0.25) is 0 Å². The average Bonchev–Trinajstić information content (AvgIpc) is 2.67. The number of halogens is 3. The summed E-state index contributed by atoms with van der Waals surface area (Å²) in [6.07, 6.45) is 0.432. The van der Waals surface area contributed by atoms with Crippen LogP contribution in [0.2, 0.25) is 5.02 Å². The van der Waals surface area contributed by atoms with Crippen LogP contribution in [0.1, 0.15) is 21.6 Å². The molecule has 0 radical (unpaired) electrons. The summed E-state index contributed by atoms with van der Waals surface area (Å²) in [6, 6.07) is 11.8. The van der Waals surface area contributed by atoms with Crippen LogP contribution in [0.4, 0.5) is 8.78 Å². The number of fused-ring (bicyclic) bond motifs is 1. The number of ether oxygens (including phenoxy) is 2. The number of hydrogen-bond donors (Lipinski definition) is 1. The van der Waals surface area contributed by atoms with E-state index in [0.717, 1.165) is 16.5 Å². The van der Waals surface area contributed by atoms with Crippen LogP contribution in [-0.4, -0.2) is 31.2 Å². The van der Waals surface area contributed by atoms with E-state index in [1.807, 2.05) is 0 Å². The third-order valence-electron chi connectivity index (χ3n) is 4.36. The molecule has 0 unspecified atom stereocenters. The second kappa shape index (κ2) is 9.05. The summed E-state index contributed by atoms with van der Waals surface area (Å²) in [4.78, 5) is 17.0. The van der Waals surface area contributed by atoms with Crippen molar-refractivity contribution in [2.24, 2.45) is 0 Å². The highest BCUT2D eigenvalue weighted by atomic mass is 35.5. The first-order chi connectivity index (χ1) is 13.9. The highest BCUT2D eigenvalue weighted by molar-refractivity contribution is 6.31. The number of amides is 1. The van der Waals surface area contributed by atoms with E-state index < -0.39 is 6.61 Å². The molecule has 1 heterocycles. The Morgan fingerprint density at radius 1 is 1.17 bits per heavy atom. The van der Waals surface area contributed by atoms with Crippen molar-refractivity contribution in [2.75, 3.05) is 13.7 Å². The molecular formula is C21H19ClF2N2O3. The zero-order valence-corrected chi connectivity index (χ0v) is 16.6. The Bertz CT molecular complexity index is 1040. The summed E-state index contributed by atoms with van der Waals surface area (Å²) < 4.78 is 34.6. The van der Waals surface area contributed by atoms with Crippen molar-refractivity contribution in [1.82, 2.24) is 10.3 Å². The van der Waals surface area contributed by atoms with Crippen molar-refractivity contribution in [1.29, 1.82) is 0 Å². The Balaban J connectivity index is 1.68. The van der Waals surface area contributed by atoms with Crippen molar-refractivity contribution in [2.45, 2.75) is 20.0 Å². The molecule has 5 nitrogen and oxygen atoms in total. The fraction of sp³-hybridized carbons (Fsp3) is 0.238. The molecule has 0 fully saturated rings. The maximum absolute atomic E-state index is 12.6. The number of carbonyl (C=O) groups excluding carboxylic acids is 1. The zero-order valence-electron chi connectivity index (χ0n) is 15.8. The fourth-order valence-electron chi connectivity index (χ4n) is 2.95. The minimum atomic E-state index is -2.95. The topological polar surface area (TPSA) is 60.5 Å². The van der Waals surface area contributed by atoms with Gasteiger partial charge in [0.1, 0.15) is 0 Å². The van der Waals surface area contributed by atoms with E-state index in [4.69, 9.17) is 16.3 Å². The van der Waals surface area contributed by atoms with Gasteiger partial charge in [0.25, 0.3) is 5.91 Å². The lowest BCUT2D eigenvalue weighted by molar-refractivity contribution is -0.0512. The van der Waals surface area contributed by atoms with Crippen molar-refractivity contribution in [3.63, 3.8) is 0 Å². The van der Waals surface area contributed by atoms with Gasteiger partial charge in [-0.25, -0.2) is 0 Å². The molecule has 2 aromatic carbocycles. The Morgan fingerprint density at radius 3 is 2.69 bits per heavy atom. The van der Waals surface area contributed by atoms with Crippen LogP contribution in [0.15, 0.2) is 42.5 Å². The summed E-state index contributed by atoms with van der Waals surface area (Å²) in [5.41, 5.74) is 2.54. The van der Waals surface area contributed by atoms with Crippen LogP contribution in [0.5, 0.6) is 11.5 Å². The van der Waals surface area contributed by atoms with Crippen LogP contribution < -0.4 is 14.8 Å². The standard InChI is InChI=1S/C21H19ClF2N2O3/c1-12-16(11-14-10-15(22)4-5-17(14)26-12)20(27)25-8-7-13-3-6-18(28-2)19(9-13)29-21(23)24/h3-6,9-11,21H,7-8H2,1-2H3,(H,25,27). The van der Waals surface area contributed by atoms with Crippen molar-refractivity contribution >= 4 is 28.4 Å². The van der Waals surface area contributed by atoms with E-state index in [-0.39, 0.29) is 17.4 Å². The molecule has 1 aromatic heterocycles. The number of benzene rings is 2. The molecular weight excluding hydrogens is 402 g/mol. The monoisotopic (exact) mass is 420 g/mol. The van der Waals surface area contributed by atoms with Gasteiger partial charge in [-0.3, -0.25) is 9.78 Å². The molecule has 0 saturated heterocycles. The fourth-order valence-corrected chi connectivity index (χ4v) is 3.13. The first kappa shape index (κ1) is 20.8. The third-order valence-corrected chi connectivity index (χ3v) is 4.59. The number of hydrogen-bond acceptors (Lipinski definition) is 4. The van der Waals surface area contributed by atoms with E-state index in [1.165, 1.54) is 13.2 Å². The minimum Gasteiger partial charge on any atom is -0.493 e. The summed E-state index contributed by atoms with van der Waals surface area (Å²) in [5.74, 6) is -0.0955. The summed E-state index contributed by atoms with van der Waals surface area (Å²) in [6.45, 7) is -0.872. The molecule has 1 amide bonds. The summed E-state index contributed by atoms with van der Waals surface area (Å²) in [5, 5.41) is 4.17. The quantitative estimate of drug-likeness (QED) is 0.597. The van der Waals surface area contributed by atoms with Gasteiger partial charge < -0.3 is 14.8 Å². The molecule has 1 N–H and O–H groups in total. The van der Waals surface area contributed by atoms with E-state index >= 15 is 0 Å². The Labute approximate surface area is 171 Å². The molecule has 0 atom stereocenters. The Hall–Kier alpha value is -2.93. The van der Waals surface area contributed by atoms with Gasteiger partial charge in [-0.05, 0) is 55.3 Å². The number of carbonyl (C=O) groups is 1. The molecule has 3 aromatic rings. The number of rotatable bonds is 7. The van der Waals surface area contributed by atoms with Crippen LogP contribution >= 0.6 is 11.6 Å².